The third kappa shape index (κ3) is 4.22. The summed E-state index contributed by atoms with van der Waals surface area (Å²) in [6.45, 7) is 0. The Hall–Kier alpha value is -3.03. The van der Waals surface area contributed by atoms with Gasteiger partial charge in [0.05, 0.1) is 0 Å². The minimum absolute atomic E-state index is 0.00305. The summed E-state index contributed by atoms with van der Waals surface area (Å²) in [5, 5.41) is 2.52. The number of hydrogen-bond donors (Lipinski definition) is 2. The van der Waals surface area contributed by atoms with E-state index in [-0.39, 0.29) is 11.3 Å². The number of nitrogens with one attached hydrogen (secondary N) is 1. The smallest absolute Gasteiger partial charge is 0.251 e. The van der Waals surface area contributed by atoms with Crippen molar-refractivity contribution >= 4 is 23.2 Å². The van der Waals surface area contributed by atoms with Gasteiger partial charge in [-0.1, -0.05) is 0 Å². The number of carbonyl (C=O) groups excluding carboxylic acids is 1. The van der Waals surface area contributed by atoms with Crippen LogP contribution in [0.3, 0.4) is 0 Å². The molecule has 8 heteroatoms. The van der Waals surface area contributed by atoms with E-state index < -0.39 is 17.5 Å². The van der Waals surface area contributed by atoms with Gasteiger partial charge in [-0.15, -0.1) is 0 Å². The zero-order valence-electron chi connectivity index (χ0n) is 12.5. The Morgan fingerprint density at radius 3 is 2.61 bits per heavy atom. The fourth-order valence-electron chi connectivity index (χ4n) is 1.72. The van der Waals surface area contributed by atoms with E-state index in [1.165, 1.54) is 12.4 Å². The highest BCUT2D eigenvalue weighted by Crippen LogP contribution is 2.15. The van der Waals surface area contributed by atoms with E-state index in [2.05, 4.69) is 15.3 Å². The predicted molar refractivity (Wildman–Crippen MR) is 83.5 cm³/mol. The number of nitrogens with two attached hydrogens (primary N) is 1. The Bertz CT molecular complexity index is 761. The Morgan fingerprint density at radius 1 is 1.22 bits per heavy atom. The zero-order chi connectivity index (χ0) is 17.0. The number of nitrogens with zero attached hydrogens (tertiary/aromatic N) is 3. The summed E-state index contributed by atoms with van der Waals surface area (Å²) in [5.41, 5.74) is 5.92. The van der Waals surface area contributed by atoms with Gasteiger partial charge in [-0.3, -0.25) is 4.79 Å². The summed E-state index contributed by atoms with van der Waals surface area (Å²) in [7, 11) is 3.60. The molecule has 6 nitrogen and oxygen atoms in total. The molecule has 0 radical (unpaired) electrons. The molecular formula is C15H15F2N5O. The maximum atomic E-state index is 13.2. The predicted octanol–water partition coefficient (Wildman–Crippen LogP) is 1.76. The third-order valence-corrected chi connectivity index (χ3v) is 2.90. The molecule has 1 aromatic carbocycles. The average molecular weight is 319 g/mol. The second-order valence-electron chi connectivity index (χ2n) is 4.87. The summed E-state index contributed by atoms with van der Waals surface area (Å²) in [4.78, 5) is 21.6. The second-order valence-corrected chi connectivity index (χ2v) is 4.87. The van der Waals surface area contributed by atoms with Gasteiger partial charge in [0, 0.05) is 37.5 Å². The van der Waals surface area contributed by atoms with E-state index in [0.717, 1.165) is 18.2 Å². The van der Waals surface area contributed by atoms with Gasteiger partial charge < -0.3 is 16.0 Å². The van der Waals surface area contributed by atoms with Crippen LogP contribution in [0.1, 0.15) is 5.56 Å². The number of halogens is 2. The maximum absolute atomic E-state index is 13.2. The van der Waals surface area contributed by atoms with Crippen molar-refractivity contribution in [2.75, 3.05) is 24.3 Å². The van der Waals surface area contributed by atoms with Crippen LogP contribution in [-0.4, -0.2) is 30.0 Å². The first-order valence-electron chi connectivity index (χ1n) is 6.60. The standard InChI is InChI=1S/C15H15F2N5O/c1-22(2)14-7-13(19-8-20-14)21-15(23)6-12(18)9-3-4-10(16)11(17)5-9/h3-8H,18H2,1-2H3,(H,19,20,21,23). The summed E-state index contributed by atoms with van der Waals surface area (Å²) in [6.07, 6.45) is 2.39. The van der Waals surface area contributed by atoms with Crippen LogP contribution in [-0.2, 0) is 4.79 Å². The lowest BCUT2D eigenvalue weighted by molar-refractivity contribution is -0.111. The van der Waals surface area contributed by atoms with E-state index >= 15 is 0 Å². The summed E-state index contributed by atoms with van der Waals surface area (Å²) in [6, 6.07) is 4.73. The second kappa shape index (κ2) is 6.82. The van der Waals surface area contributed by atoms with Crippen LogP contribution in [0.2, 0.25) is 0 Å². The van der Waals surface area contributed by atoms with Gasteiger partial charge in [0.1, 0.15) is 18.0 Å². The Labute approximate surface area is 131 Å². The van der Waals surface area contributed by atoms with Gasteiger partial charge in [-0.2, -0.15) is 0 Å². The van der Waals surface area contributed by atoms with Crippen LogP contribution in [0, 0.1) is 11.6 Å². The molecule has 1 aromatic heterocycles. The Morgan fingerprint density at radius 2 is 1.96 bits per heavy atom. The van der Waals surface area contributed by atoms with Crippen LogP contribution in [0.15, 0.2) is 36.7 Å². The fourth-order valence-corrected chi connectivity index (χ4v) is 1.72. The summed E-state index contributed by atoms with van der Waals surface area (Å²) >= 11 is 0. The molecule has 2 aromatic rings. The van der Waals surface area contributed by atoms with Crippen LogP contribution in [0.25, 0.3) is 5.70 Å². The first kappa shape index (κ1) is 16.3. The molecule has 1 heterocycles. The molecule has 0 saturated carbocycles. The van der Waals surface area contributed by atoms with Crippen molar-refractivity contribution < 1.29 is 13.6 Å². The Balaban J connectivity index is 2.14. The number of amides is 1. The molecule has 0 atom stereocenters. The van der Waals surface area contributed by atoms with Crippen molar-refractivity contribution in [2.45, 2.75) is 0 Å². The third-order valence-electron chi connectivity index (χ3n) is 2.90. The molecule has 0 aliphatic heterocycles. The number of hydrogen-bond acceptors (Lipinski definition) is 5. The van der Waals surface area contributed by atoms with Crippen molar-refractivity contribution in [3.05, 3.63) is 53.9 Å². The van der Waals surface area contributed by atoms with E-state index in [1.54, 1.807) is 25.1 Å². The molecular weight excluding hydrogens is 304 g/mol. The Kier molecular flexibility index (Phi) is 4.85. The van der Waals surface area contributed by atoms with Crippen LogP contribution < -0.4 is 16.0 Å². The number of anilines is 2. The molecule has 0 bridgehead atoms. The van der Waals surface area contributed by atoms with Crippen molar-refractivity contribution in [1.29, 1.82) is 0 Å². The molecule has 23 heavy (non-hydrogen) atoms. The zero-order valence-corrected chi connectivity index (χ0v) is 12.5. The first-order chi connectivity index (χ1) is 10.9. The van der Waals surface area contributed by atoms with E-state index in [4.69, 9.17) is 5.73 Å². The lowest BCUT2D eigenvalue weighted by Gasteiger charge is -2.11. The van der Waals surface area contributed by atoms with Gasteiger partial charge in [0.25, 0.3) is 5.91 Å². The molecule has 120 valence electrons. The molecule has 0 unspecified atom stereocenters. The van der Waals surface area contributed by atoms with Crippen LogP contribution in [0.4, 0.5) is 20.4 Å². The van der Waals surface area contributed by atoms with Crippen LogP contribution >= 0.6 is 0 Å². The normalized spacial score (nSPS) is 11.2. The topological polar surface area (TPSA) is 84.1 Å². The lowest BCUT2D eigenvalue weighted by Crippen LogP contribution is -2.15. The largest absolute Gasteiger partial charge is 0.398 e. The molecule has 2 rings (SSSR count). The van der Waals surface area contributed by atoms with Crippen LogP contribution in [0.5, 0.6) is 0 Å². The fraction of sp³-hybridized carbons (Fsp3) is 0.133. The number of carbonyl (C=O) groups is 1. The van der Waals surface area contributed by atoms with E-state index in [0.29, 0.717) is 11.6 Å². The molecule has 1 amide bonds. The van der Waals surface area contributed by atoms with Gasteiger partial charge in [-0.25, -0.2) is 18.7 Å². The van der Waals surface area contributed by atoms with Crippen molar-refractivity contribution in [3.63, 3.8) is 0 Å². The highest BCUT2D eigenvalue weighted by Gasteiger charge is 2.08. The van der Waals surface area contributed by atoms with Gasteiger partial charge in [-0.05, 0) is 18.2 Å². The van der Waals surface area contributed by atoms with Gasteiger partial charge in [0.2, 0.25) is 0 Å². The van der Waals surface area contributed by atoms with Gasteiger partial charge in [0.15, 0.2) is 11.6 Å². The molecule has 0 saturated heterocycles. The summed E-state index contributed by atoms with van der Waals surface area (Å²) in [5.74, 6) is -1.65. The summed E-state index contributed by atoms with van der Waals surface area (Å²) < 4.78 is 26.0. The molecule has 0 fully saturated rings. The van der Waals surface area contributed by atoms with Crippen molar-refractivity contribution in [2.24, 2.45) is 5.73 Å². The quantitative estimate of drug-likeness (QED) is 0.839. The van der Waals surface area contributed by atoms with Crippen molar-refractivity contribution in [3.8, 4) is 0 Å². The SMILES string of the molecule is CN(C)c1cc(NC(=O)C=C(N)c2ccc(F)c(F)c2)ncn1. The lowest BCUT2D eigenvalue weighted by atomic mass is 10.1. The monoisotopic (exact) mass is 319 g/mol. The highest BCUT2D eigenvalue weighted by atomic mass is 19.2. The average Bonchev–Trinajstić information content (AvgIpc) is 2.50. The number of aromatic nitrogens is 2. The molecule has 3 N–H and O–H groups in total. The maximum Gasteiger partial charge on any atom is 0.251 e. The minimum atomic E-state index is -1.04. The van der Waals surface area contributed by atoms with Gasteiger partial charge >= 0.3 is 0 Å². The minimum Gasteiger partial charge on any atom is -0.398 e. The molecule has 0 aliphatic carbocycles. The van der Waals surface area contributed by atoms with E-state index in [1.807, 2.05) is 0 Å². The number of benzene rings is 1. The molecule has 0 spiro atoms. The molecule has 0 aliphatic rings. The van der Waals surface area contributed by atoms with Crippen molar-refractivity contribution in [1.82, 2.24) is 9.97 Å². The highest BCUT2D eigenvalue weighted by molar-refractivity contribution is 6.03. The van der Waals surface area contributed by atoms with E-state index in [9.17, 15) is 13.6 Å². The first-order valence-corrected chi connectivity index (χ1v) is 6.60. The number of rotatable bonds is 4.